The summed E-state index contributed by atoms with van der Waals surface area (Å²) in [6.07, 6.45) is 0.167. The zero-order valence-electron chi connectivity index (χ0n) is 19.8. The Morgan fingerprint density at radius 1 is 0.895 bits per heavy atom. The van der Waals surface area contributed by atoms with Crippen LogP contribution >= 0.6 is 23.2 Å². The molecule has 1 atom stereocenters. The first-order valence-corrected chi connectivity index (χ1v) is 13.8. The van der Waals surface area contributed by atoms with Crippen molar-refractivity contribution in [1.82, 2.24) is 5.43 Å². The van der Waals surface area contributed by atoms with E-state index in [1.165, 1.54) is 30.3 Å². The summed E-state index contributed by atoms with van der Waals surface area (Å²) in [6.45, 7) is 0. The number of fused-ring (bicyclic) bond motifs is 1. The Morgan fingerprint density at radius 2 is 1.61 bits per heavy atom. The maximum absolute atomic E-state index is 13.0. The topological polar surface area (TPSA) is 96.9 Å². The number of nitrogens with zero attached hydrogens (tertiary/aromatic N) is 1. The third-order valence-corrected chi connectivity index (χ3v) is 8.00. The normalized spacial score (nSPS) is 15.8. The SMILES string of the molecule is O=C(N/N=C1/CC(c2ccccc2)Oc2ccccc21)c1ccc(Cl)c(S(=O)(=O)Nc2ccc(Cl)cc2)c1. The van der Waals surface area contributed by atoms with Crippen LogP contribution in [0.15, 0.2) is 107 Å². The first-order valence-electron chi connectivity index (χ1n) is 11.6. The number of hydrogen-bond acceptors (Lipinski definition) is 5. The van der Waals surface area contributed by atoms with Gasteiger partial charge in [0.15, 0.2) is 0 Å². The third kappa shape index (κ3) is 5.67. The summed E-state index contributed by atoms with van der Waals surface area (Å²) in [6, 6.07) is 27.4. The lowest BCUT2D eigenvalue weighted by Gasteiger charge is -2.27. The third-order valence-electron chi connectivity index (χ3n) is 5.89. The van der Waals surface area contributed by atoms with Crippen molar-refractivity contribution in [3.05, 3.63) is 124 Å². The van der Waals surface area contributed by atoms with Crippen LogP contribution in [0.4, 0.5) is 5.69 Å². The number of carbonyl (C=O) groups is 1. The molecule has 0 radical (unpaired) electrons. The van der Waals surface area contributed by atoms with E-state index >= 15 is 0 Å². The highest BCUT2D eigenvalue weighted by Gasteiger charge is 2.26. The number of nitrogens with one attached hydrogen (secondary N) is 2. The number of amides is 1. The number of para-hydroxylation sites is 1. The van der Waals surface area contributed by atoms with Gasteiger partial charge in [-0.05, 0) is 60.2 Å². The summed E-state index contributed by atoms with van der Waals surface area (Å²) >= 11 is 12.1. The molecule has 2 N–H and O–H groups in total. The Labute approximate surface area is 230 Å². The Kier molecular flexibility index (Phi) is 7.37. The Balaban J connectivity index is 1.39. The minimum atomic E-state index is -4.08. The van der Waals surface area contributed by atoms with Gasteiger partial charge in [-0.25, -0.2) is 13.8 Å². The molecule has 1 amide bonds. The summed E-state index contributed by atoms with van der Waals surface area (Å²) in [7, 11) is -4.08. The molecule has 1 aliphatic rings. The minimum absolute atomic E-state index is 0.0293. The molecule has 1 heterocycles. The lowest BCUT2D eigenvalue weighted by Crippen LogP contribution is -2.25. The number of hydrogen-bond donors (Lipinski definition) is 2. The number of rotatable bonds is 6. The Morgan fingerprint density at radius 3 is 2.37 bits per heavy atom. The van der Waals surface area contributed by atoms with E-state index in [9.17, 15) is 13.2 Å². The maximum Gasteiger partial charge on any atom is 0.271 e. The molecule has 0 bridgehead atoms. The number of hydrazone groups is 1. The van der Waals surface area contributed by atoms with Crippen LogP contribution in [-0.2, 0) is 10.0 Å². The fraction of sp³-hybridized carbons (Fsp3) is 0.0714. The van der Waals surface area contributed by atoms with Gasteiger partial charge < -0.3 is 4.74 Å². The molecule has 1 unspecified atom stereocenters. The van der Waals surface area contributed by atoms with Crippen molar-refractivity contribution in [2.24, 2.45) is 5.10 Å². The van der Waals surface area contributed by atoms with E-state index in [0.717, 1.165) is 11.1 Å². The molecular weight excluding hydrogens is 545 g/mol. The molecule has 4 aromatic carbocycles. The van der Waals surface area contributed by atoms with Crippen molar-refractivity contribution >= 4 is 50.5 Å². The smallest absolute Gasteiger partial charge is 0.271 e. The molecule has 0 saturated carbocycles. The van der Waals surface area contributed by atoms with E-state index in [1.54, 1.807) is 12.1 Å². The van der Waals surface area contributed by atoms with Crippen LogP contribution in [0.5, 0.6) is 5.75 Å². The highest BCUT2D eigenvalue weighted by atomic mass is 35.5. The second kappa shape index (κ2) is 10.9. The zero-order valence-corrected chi connectivity index (χ0v) is 22.1. The van der Waals surface area contributed by atoms with Gasteiger partial charge in [-0.15, -0.1) is 0 Å². The first-order chi connectivity index (χ1) is 18.3. The van der Waals surface area contributed by atoms with Crippen LogP contribution in [-0.4, -0.2) is 20.0 Å². The summed E-state index contributed by atoms with van der Waals surface area (Å²) < 4.78 is 34.6. The van der Waals surface area contributed by atoms with E-state index in [2.05, 4.69) is 15.2 Å². The van der Waals surface area contributed by atoms with E-state index in [0.29, 0.717) is 28.6 Å². The predicted molar refractivity (Wildman–Crippen MR) is 149 cm³/mol. The Bertz CT molecular complexity index is 1630. The molecule has 38 heavy (non-hydrogen) atoms. The van der Waals surface area contributed by atoms with Crippen molar-refractivity contribution < 1.29 is 17.9 Å². The van der Waals surface area contributed by atoms with Crippen LogP contribution in [0.1, 0.15) is 34.0 Å². The lowest BCUT2D eigenvalue weighted by atomic mass is 9.96. The van der Waals surface area contributed by atoms with Crippen LogP contribution in [0, 0.1) is 0 Å². The Hall–Kier alpha value is -3.85. The molecular formula is C28H21Cl2N3O4S. The quantitative estimate of drug-likeness (QED) is 0.262. The number of sulfonamides is 1. The summed E-state index contributed by atoms with van der Waals surface area (Å²) in [5, 5.41) is 4.83. The van der Waals surface area contributed by atoms with Gasteiger partial charge in [0.1, 0.15) is 16.7 Å². The standard InChI is InChI=1S/C28H21Cl2N3O4S/c29-20-11-13-21(14-12-20)33-38(35,36)27-16-19(10-15-23(27)30)28(34)32-31-24-17-26(18-6-2-1-3-7-18)37-25-9-5-4-8-22(24)25/h1-16,26,33H,17H2,(H,32,34)/b31-24-. The van der Waals surface area contributed by atoms with Gasteiger partial charge in [0.2, 0.25) is 0 Å². The van der Waals surface area contributed by atoms with Crippen molar-refractivity contribution in [2.75, 3.05) is 4.72 Å². The number of benzene rings is 4. The molecule has 192 valence electrons. The second-order valence-corrected chi connectivity index (χ2v) is 11.0. The van der Waals surface area contributed by atoms with Crippen LogP contribution in [0.3, 0.4) is 0 Å². The average Bonchev–Trinajstić information content (AvgIpc) is 2.93. The highest BCUT2D eigenvalue weighted by Crippen LogP contribution is 2.35. The van der Waals surface area contributed by atoms with Crippen molar-refractivity contribution in [2.45, 2.75) is 17.4 Å². The van der Waals surface area contributed by atoms with Crippen molar-refractivity contribution in [1.29, 1.82) is 0 Å². The fourth-order valence-corrected chi connectivity index (χ4v) is 5.72. The predicted octanol–water partition coefficient (Wildman–Crippen LogP) is 6.45. The van der Waals surface area contributed by atoms with Crippen molar-refractivity contribution in [3.8, 4) is 5.75 Å². The lowest BCUT2D eigenvalue weighted by molar-refractivity contribution is 0.0954. The molecule has 4 aromatic rings. The highest BCUT2D eigenvalue weighted by molar-refractivity contribution is 7.92. The average molecular weight is 566 g/mol. The summed E-state index contributed by atoms with van der Waals surface area (Å²) in [5.41, 5.74) is 5.34. The zero-order chi connectivity index (χ0) is 26.7. The number of carbonyl (C=O) groups excluding carboxylic acids is 1. The molecule has 0 spiro atoms. The van der Waals surface area contributed by atoms with Crippen LogP contribution in [0.2, 0.25) is 10.0 Å². The number of anilines is 1. The molecule has 10 heteroatoms. The maximum atomic E-state index is 13.0. The molecule has 0 aromatic heterocycles. The van der Waals surface area contributed by atoms with Crippen LogP contribution < -0.4 is 14.9 Å². The van der Waals surface area contributed by atoms with E-state index in [1.807, 2.05) is 54.6 Å². The van der Waals surface area contributed by atoms with E-state index < -0.39 is 15.9 Å². The first kappa shape index (κ1) is 25.8. The molecule has 0 saturated heterocycles. The fourth-order valence-electron chi connectivity index (χ4n) is 4.01. The summed E-state index contributed by atoms with van der Waals surface area (Å²) in [4.78, 5) is 12.8. The number of ether oxygens (including phenoxy) is 1. The van der Waals surface area contributed by atoms with Crippen molar-refractivity contribution in [3.63, 3.8) is 0 Å². The van der Waals surface area contributed by atoms with Crippen LogP contribution in [0.25, 0.3) is 0 Å². The minimum Gasteiger partial charge on any atom is -0.485 e. The van der Waals surface area contributed by atoms with Gasteiger partial charge in [-0.2, -0.15) is 5.10 Å². The van der Waals surface area contributed by atoms with Gasteiger partial charge in [0, 0.05) is 28.3 Å². The molecule has 1 aliphatic heterocycles. The second-order valence-electron chi connectivity index (χ2n) is 8.47. The molecule has 0 aliphatic carbocycles. The number of halogens is 2. The molecule has 5 rings (SSSR count). The summed E-state index contributed by atoms with van der Waals surface area (Å²) in [5.74, 6) is 0.0751. The largest absolute Gasteiger partial charge is 0.485 e. The van der Waals surface area contributed by atoms with Gasteiger partial charge >= 0.3 is 0 Å². The van der Waals surface area contributed by atoms with Gasteiger partial charge in [0.25, 0.3) is 15.9 Å². The molecule has 7 nitrogen and oxygen atoms in total. The monoisotopic (exact) mass is 565 g/mol. The van der Waals surface area contributed by atoms with E-state index in [-0.39, 0.29) is 21.6 Å². The molecule has 0 fully saturated rings. The van der Waals surface area contributed by atoms with Gasteiger partial charge in [-0.3, -0.25) is 9.52 Å². The van der Waals surface area contributed by atoms with Gasteiger partial charge in [0.05, 0.1) is 10.7 Å². The van der Waals surface area contributed by atoms with E-state index in [4.69, 9.17) is 27.9 Å². The van der Waals surface area contributed by atoms with Gasteiger partial charge in [-0.1, -0.05) is 65.7 Å².